The van der Waals surface area contributed by atoms with Crippen LogP contribution in [0.5, 0.6) is 11.5 Å². The Morgan fingerprint density at radius 3 is 2.40 bits per heavy atom. The summed E-state index contributed by atoms with van der Waals surface area (Å²) in [4.78, 5) is 15.5. The summed E-state index contributed by atoms with van der Waals surface area (Å²) in [5.74, 6) is 1.84. The number of hydrogen-bond acceptors (Lipinski definition) is 5. The Morgan fingerprint density at radius 1 is 0.943 bits per heavy atom. The summed E-state index contributed by atoms with van der Waals surface area (Å²) in [7, 11) is 1.69. The molecular weight excluding hydrogens is 440 g/mol. The van der Waals surface area contributed by atoms with Crippen LogP contribution >= 0.6 is 0 Å². The molecule has 2 bridgehead atoms. The molecule has 35 heavy (non-hydrogen) atoms. The Kier molecular flexibility index (Phi) is 8.69. The molecule has 2 aliphatic heterocycles. The van der Waals surface area contributed by atoms with Crippen molar-refractivity contribution in [3.05, 3.63) is 58.7 Å². The molecule has 2 aromatic carbocycles. The van der Waals surface area contributed by atoms with Crippen molar-refractivity contribution in [1.82, 2.24) is 10.2 Å². The van der Waals surface area contributed by atoms with Gasteiger partial charge >= 0.3 is 0 Å². The number of carbonyl (C=O) groups is 1. The molecule has 4 rings (SSSR count). The molecule has 0 radical (unpaired) electrons. The molecule has 2 fully saturated rings. The van der Waals surface area contributed by atoms with Crippen LogP contribution in [0.25, 0.3) is 0 Å². The van der Waals surface area contributed by atoms with E-state index in [4.69, 9.17) is 14.2 Å². The van der Waals surface area contributed by atoms with Gasteiger partial charge in [-0.25, -0.2) is 0 Å². The topological polar surface area (TPSA) is 60.0 Å². The molecule has 1 amide bonds. The Morgan fingerprint density at radius 2 is 1.69 bits per heavy atom. The van der Waals surface area contributed by atoms with Crippen molar-refractivity contribution in [2.24, 2.45) is 0 Å². The molecule has 6 nitrogen and oxygen atoms in total. The number of nitrogens with zero attached hydrogens (tertiary/aromatic N) is 1. The first-order valence-electron chi connectivity index (χ1n) is 13.0. The summed E-state index contributed by atoms with van der Waals surface area (Å²) in [5, 5.41) is 3.33. The lowest BCUT2D eigenvalue weighted by atomic mass is 9.94. The van der Waals surface area contributed by atoms with E-state index in [1.807, 2.05) is 31.2 Å². The van der Waals surface area contributed by atoms with Crippen molar-refractivity contribution in [2.75, 3.05) is 26.9 Å². The minimum absolute atomic E-state index is 0.0885. The normalized spacial score (nSPS) is 21.7. The van der Waals surface area contributed by atoms with Crippen LogP contribution in [0.2, 0.25) is 0 Å². The molecule has 0 aromatic heterocycles. The van der Waals surface area contributed by atoms with E-state index in [9.17, 15) is 4.79 Å². The highest BCUT2D eigenvalue weighted by molar-refractivity contribution is 5.79. The third-order valence-corrected chi connectivity index (χ3v) is 7.62. The number of nitrogens with one attached hydrogen (secondary N) is 1. The van der Waals surface area contributed by atoms with Crippen LogP contribution in [0.15, 0.2) is 36.4 Å². The number of amides is 1. The largest absolute Gasteiger partial charge is 0.494 e. The van der Waals surface area contributed by atoms with Gasteiger partial charge in [0.25, 0.3) is 0 Å². The fraction of sp³-hybridized carbons (Fsp3) is 0.552. The van der Waals surface area contributed by atoms with Crippen LogP contribution in [0.1, 0.15) is 54.9 Å². The molecule has 2 aliphatic rings. The lowest BCUT2D eigenvalue weighted by molar-refractivity contribution is -0.121. The molecule has 0 spiro atoms. The molecule has 2 unspecified atom stereocenters. The number of methoxy groups -OCH3 is 1. The average molecular weight is 481 g/mol. The first-order valence-corrected chi connectivity index (χ1v) is 13.0. The van der Waals surface area contributed by atoms with Gasteiger partial charge in [0, 0.05) is 37.3 Å². The first-order chi connectivity index (χ1) is 17.0. The number of piperidine rings is 1. The first kappa shape index (κ1) is 25.5. The zero-order valence-corrected chi connectivity index (χ0v) is 21.6. The summed E-state index contributed by atoms with van der Waals surface area (Å²) < 4.78 is 16.7. The van der Waals surface area contributed by atoms with Crippen LogP contribution in [-0.4, -0.2) is 55.9 Å². The molecular formula is C29H40N2O4. The van der Waals surface area contributed by atoms with Crippen molar-refractivity contribution < 1.29 is 19.0 Å². The number of carbonyl (C=O) groups excluding carboxylic acids is 1. The summed E-state index contributed by atoms with van der Waals surface area (Å²) in [5.41, 5.74) is 4.84. The molecule has 2 saturated heterocycles. The SMILES string of the molecule is CCOc1ccccc1CC(=O)NC1CC2CCC(C1)N2Cc1ccc(OCCOC)c(C)c1C. The van der Waals surface area contributed by atoms with E-state index < -0.39 is 0 Å². The summed E-state index contributed by atoms with van der Waals surface area (Å²) in [6, 6.07) is 13.4. The highest BCUT2D eigenvalue weighted by Gasteiger charge is 2.41. The van der Waals surface area contributed by atoms with Gasteiger partial charge in [0.2, 0.25) is 5.91 Å². The van der Waals surface area contributed by atoms with Crippen molar-refractivity contribution in [3.8, 4) is 11.5 Å². The second-order valence-corrected chi connectivity index (χ2v) is 9.82. The van der Waals surface area contributed by atoms with Crippen molar-refractivity contribution in [2.45, 2.75) is 77.5 Å². The van der Waals surface area contributed by atoms with Crippen molar-refractivity contribution in [1.29, 1.82) is 0 Å². The Bertz CT molecular complexity index is 994. The van der Waals surface area contributed by atoms with Crippen molar-refractivity contribution >= 4 is 5.91 Å². The standard InChI is InChI=1S/C29H40N2O4/c1-5-34-28-9-7-6-8-22(28)16-29(32)30-24-17-25-11-12-26(18-24)31(25)19-23-10-13-27(21(3)20(23)2)35-15-14-33-4/h6-10,13,24-26H,5,11-12,14-19H2,1-4H3,(H,30,32). The van der Waals surface area contributed by atoms with Gasteiger partial charge in [0.15, 0.2) is 0 Å². The van der Waals surface area contributed by atoms with E-state index in [0.29, 0.717) is 38.3 Å². The predicted molar refractivity (Wildman–Crippen MR) is 138 cm³/mol. The summed E-state index contributed by atoms with van der Waals surface area (Å²) in [6.45, 7) is 9.02. The molecule has 0 aliphatic carbocycles. The van der Waals surface area contributed by atoms with Crippen LogP contribution in [-0.2, 0) is 22.5 Å². The maximum atomic E-state index is 12.9. The molecule has 6 heteroatoms. The van der Waals surface area contributed by atoms with Crippen LogP contribution in [0.4, 0.5) is 0 Å². The number of benzene rings is 2. The van der Waals surface area contributed by atoms with Crippen molar-refractivity contribution in [3.63, 3.8) is 0 Å². The van der Waals surface area contributed by atoms with E-state index >= 15 is 0 Å². The number of hydrogen-bond donors (Lipinski definition) is 1. The van der Waals surface area contributed by atoms with Crippen LogP contribution < -0.4 is 14.8 Å². The third-order valence-electron chi connectivity index (χ3n) is 7.62. The summed E-state index contributed by atoms with van der Waals surface area (Å²) in [6.07, 6.45) is 4.82. The highest BCUT2D eigenvalue weighted by Crippen LogP contribution is 2.38. The minimum Gasteiger partial charge on any atom is -0.494 e. The molecule has 1 N–H and O–H groups in total. The average Bonchev–Trinajstić information content (AvgIpc) is 3.07. The minimum atomic E-state index is 0.0885. The maximum Gasteiger partial charge on any atom is 0.224 e. The molecule has 2 aromatic rings. The fourth-order valence-corrected chi connectivity index (χ4v) is 5.66. The second-order valence-electron chi connectivity index (χ2n) is 9.82. The van der Waals surface area contributed by atoms with Gasteiger partial charge in [0.1, 0.15) is 18.1 Å². The van der Waals surface area contributed by atoms with E-state index in [0.717, 1.165) is 36.4 Å². The van der Waals surface area contributed by atoms with Crippen LogP contribution in [0, 0.1) is 13.8 Å². The van der Waals surface area contributed by atoms with E-state index in [1.54, 1.807) is 7.11 Å². The van der Waals surface area contributed by atoms with Gasteiger partial charge in [0.05, 0.1) is 19.6 Å². The second kappa shape index (κ2) is 11.9. The number of para-hydroxylation sites is 1. The zero-order chi connectivity index (χ0) is 24.8. The van der Waals surface area contributed by atoms with Gasteiger partial charge in [-0.3, -0.25) is 9.69 Å². The Balaban J connectivity index is 1.34. The van der Waals surface area contributed by atoms with Gasteiger partial charge in [-0.2, -0.15) is 0 Å². The van der Waals surface area contributed by atoms with Crippen LogP contribution in [0.3, 0.4) is 0 Å². The van der Waals surface area contributed by atoms with Gasteiger partial charge in [-0.1, -0.05) is 24.3 Å². The van der Waals surface area contributed by atoms with E-state index in [1.165, 1.54) is 29.5 Å². The molecule has 2 heterocycles. The fourth-order valence-electron chi connectivity index (χ4n) is 5.66. The Labute approximate surface area is 209 Å². The lowest BCUT2D eigenvalue weighted by Gasteiger charge is -2.39. The van der Waals surface area contributed by atoms with E-state index in [-0.39, 0.29) is 11.9 Å². The number of fused-ring (bicyclic) bond motifs is 2. The maximum absolute atomic E-state index is 12.9. The highest BCUT2D eigenvalue weighted by atomic mass is 16.5. The summed E-state index contributed by atoms with van der Waals surface area (Å²) >= 11 is 0. The smallest absolute Gasteiger partial charge is 0.224 e. The lowest BCUT2D eigenvalue weighted by Crippen LogP contribution is -2.50. The van der Waals surface area contributed by atoms with Gasteiger partial charge in [-0.05, 0) is 75.3 Å². The predicted octanol–water partition coefficient (Wildman–Crippen LogP) is 4.58. The van der Waals surface area contributed by atoms with Gasteiger partial charge < -0.3 is 19.5 Å². The number of rotatable bonds is 11. The quantitative estimate of drug-likeness (QED) is 0.477. The number of ether oxygens (including phenoxy) is 3. The zero-order valence-electron chi connectivity index (χ0n) is 21.6. The molecule has 2 atom stereocenters. The molecule has 0 saturated carbocycles. The Hall–Kier alpha value is -2.57. The monoisotopic (exact) mass is 480 g/mol. The molecule has 190 valence electrons. The van der Waals surface area contributed by atoms with E-state index in [2.05, 4.69) is 36.2 Å². The van der Waals surface area contributed by atoms with Gasteiger partial charge in [-0.15, -0.1) is 0 Å². The third kappa shape index (κ3) is 6.17.